The van der Waals surface area contributed by atoms with Gasteiger partial charge in [-0.05, 0) is 112 Å². The van der Waals surface area contributed by atoms with Gasteiger partial charge in [0.25, 0.3) is 0 Å². The van der Waals surface area contributed by atoms with E-state index < -0.39 is 0 Å². The number of fused-ring (bicyclic) bond motifs is 9. The van der Waals surface area contributed by atoms with Crippen molar-refractivity contribution in [2.45, 2.75) is 0 Å². The molecule has 0 aliphatic rings. The number of nitrogens with zero attached hydrogens (tertiary/aromatic N) is 1. The van der Waals surface area contributed by atoms with Gasteiger partial charge >= 0.3 is 0 Å². The number of anilines is 3. The van der Waals surface area contributed by atoms with E-state index in [0.29, 0.717) is 0 Å². The first kappa shape index (κ1) is 36.1. The number of rotatable bonds is 7. The zero-order chi connectivity index (χ0) is 42.1. The molecule has 0 bridgehead atoms. The van der Waals surface area contributed by atoms with E-state index in [0.717, 1.165) is 127 Å². The molecule has 3 aromatic heterocycles. The first-order valence-electron chi connectivity index (χ1n) is 21.6. The Labute approximate surface area is 368 Å². The normalized spacial score (nSPS) is 11.8. The van der Waals surface area contributed by atoms with Crippen LogP contribution >= 0.6 is 0 Å². The summed E-state index contributed by atoms with van der Waals surface area (Å²) in [5, 5.41) is 6.62. The van der Waals surface area contributed by atoms with E-state index in [-0.39, 0.29) is 0 Å². The molecule has 4 nitrogen and oxygen atoms in total. The van der Waals surface area contributed by atoms with Crippen molar-refractivity contribution in [1.29, 1.82) is 0 Å². The lowest BCUT2D eigenvalue weighted by molar-refractivity contribution is 0.668. The average molecular weight is 820 g/mol. The molecule has 0 amide bonds. The van der Waals surface area contributed by atoms with Crippen molar-refractivity contribution in [2.75, 3.05) is 4.90 Å². The van der Waals surface area contributed by atoms with Crippen LogP contribution in [0.2, 0.25) is 0 Å². The third-order valence-electron chi connectivity index (χ3n) is 12.7. The highest BCUT2D eigenvalue weighted by atomic mass is 16.3. The van der Waals surface area contributed by atoms with E-state index in [1.807, 2.05) is 24.3 Å². The Morgan fingerprint density at radius 3 is 1.28 bits per heavy atom. The summed E-state index contributed by atoms with van der Waals surface area (Å²) in [7, 11) is 0. The standard InChI is InChI=1S/C60H37NO3/c1-3-12-40(13-4-1)46-32-33-47(41-14-5-2-6-15-41)60-58(46)50-18-11-19-53(59(50)64-60)61(44-28-22-38(23-29-44)42-26-34-56-51(36-42)48-16-7-9-20-54(48)62-56)45-30-24-39(25-31-45)43-27-35-57-52(37-43)49-17-8-10-21-55(49)63-57/h1-37H. The van der Waals surface area contributed by atoms with Gasteiger partial charge in [0.1, 0.15) is 27.9 Å². The summed E-state index contributed by atoms with van der Waals surface area (Å²) in [6, 6.07) is 79.2. The van der Waals surface area contributed by atoms with Crippen LogP contribution in [-0.2, 0) is 0 Å². The molecular formula is C60H37NO3. The van der Waals surface area contributed by atoms with Gasteiger partial charge in [0, 0.05) is 49.3 Å². The Bertz CT molecular complexity index is 3720. The van der Waals surface area contributed by atoms with Crippen LogP contribution in [0.1, 0.15) is 0 Å². The van der Waals surface area contributed by atoms with E-state index in [1.54, 1.807) is 0 Å². The largest absolute Gasteiger partial charge is 0.456 e. The maximum absolute atomic E-state index is 7.22. The Balaban J connectivity index is 0.984. The third-order valence-corrected chi connectivity index (χ3v) is 12.7. The minimum Gasteiger partial charge on any atom is -0.456 e. The molecule has 3 heterocycles. The molecule has 0 unspecified atom stereocenters. The molecule has 300 valence electrons. The number of furan rings is 3. The quantitative estimate of drug-likeness (QED) is 0.161. The van der Waals surface area contributed by atoms with Crippen molar-refractivity contribution in [3.05, 3.63) is 224 Å². The lowest BCUT2D eigenvalue weighted by atomic mass is 9.94. The van der Waals surface area contributed by atoms with E-state index in [2.05, 4.69) is 205 Å². The van der Waals surface area contributed by atoms with Gasteiger partial charge in [0.2, 0.25) is 0 Å². The number of hydrogen-bond acceptors (Lipinski definition) is 4. The van der Waals surface area contributed by atoms with Gasteiger partial charge in [-0.1, -0.05) is 152 Å². The molecular weight excluding hydrogens is 783 g/mol. The first-order valence-corrected chi connectivity index (χ1v) is 21.6. The fraction of sp³-hybridized carbons (Fsp3) is 0. The molecule has 13 rings (SSSR count). The molecule has 64 heavy (non-hydrogen) atoms. The number of benzene rings is 10. The Hall–Kier alpha value is -8.60. The highest BCUT2D eigenvalue weighted by Gasteiger charge is 2.23. The summed E-state index contributed by atoms with van der Waals surface area (Å²) in [6.07, 6.45) is 0. The van der Waals surface area contributed by atoms with Gasteiger partial charge in [0.15, 0.2) is 5.58 Å². The van der Waals surface area contributed by atoms with Crippen LogP contribution in [0.5, 0.6) is 0 Å². The van der Waals surface area contributed by atoms with Gasteiger partial charge in [-0.15, -0.1) is 0 Å². The predicted molar refractivity (Wildman–Crippen MR) is 265 cm³/mol. The topological polar surface area (TPSA) is 42.7 Å². The molecule has 0 aliphatic heterocycles. The van der Waals surface area contributed by atoms with Gasteiger partial charge in [0.05, 0.1) is 5.69 Å². The van der Waals surface area contributed by atoms with Crippen molar-refractivity contribution < 1.29 is 13.3 Å². The van der Waals surface area contributed by atoms with E-state index in [9.17, 15) is 0 Å². The molecule has 13 aromatic rings. The predicted octanol–water partition coefficient (Wildman–Crippen LogP) is 17.5. The van der Waals surface area contributed by atoms with Crippen LogP contribution in [0.4, 0.5) is 17.1 Å². The third kappa shape index (κ3) is 5.84. The number of para-hydroxylation sites is 3. The Morgan fingerprint density at radius 2 is 0.719 bits per heavy atom. The van der Waals surface area contributed by atoms with Crippen LogP contribution < -0.4 is 4.90 Å². The SMILES string of the molecule is c1ccc(-c2ccc(-c3ccccc3)c3c2oc2c(N(c4ccc(-c5ccc6oc7ccccc7c6c5)cc4)c4ccc(-c5ccc6oc7ccccc7c6c5)cc4)cccc23)cc1. The van der Waals surface area contributed by atoms with E-state index >= 15 is 0 Å². The molecule has 4 heteroatoms. The second-order valence-electron chi connectivity index (χ2n) is 16.4. The van der Waals surface area contributed by atoms with Gasteiger partial charge in [-0.25, -0.2) is 0 Å². The number of hydrogen-bond donors (Lipinski definition) is 0. The van der Waals surface area contributed by atoms with Crippen molar-refractivity contribution >= 4 is 82.9 Å². The minimum atomic E-state index is 0.820. The van der Waals surface area contributed by atoms with E-state index in [4.69, 9.17) is 13.3 Å². The molecule has 10 aromatic carbocycles. The van der Waals surface area contributed by atoms with Crippen molar-refractivity contribution in [1.82, 2.24) is 0 Å². The van der Waals surface area contributed by atoms with Crippen LogP contribution in [0, 0.1) is 0 Å². The molecule has 0 atom stereocenters. The fourth-order valence-electron chi connectivity index (χ4n) is 9.61. The van der Waals surface area contributed by atoms with Crippen molar-refractivity contribution in [3.63, 3.8) is 0 Å². The molecule has 0 aliphatic carbocycles. The second kappa shape index (κ2) is 14.5. The minimum absolute atomic E-state index is 0.820. The van der Waals surface area contributed by atoms with Gasteiger partial charge in [-0.3, -0.25) is 0 Å². The summed E-state index contributed by atoms with van der Waals surface area (Å²) in [5.41, 5.74) is 17.2. The van der Waals surface area contributed by atoms with Gasteiger partial charge in [-0.2, -0.15) is 0 Å². The van der Waals surface area contributed by atoms with Gasteiger partial charge < -0.3 is 18.2 Å². The molecule has 0 radical (unpaired) electrons. The summed E-state index contributed by atoms with van der Waals surface area (Å²) in [4.78, 5) is 2.32. The molecule has 0 saturated heterocycles. The zero-order valence-corrected chi connectivity index (χ0v) is 34.5. The first-order chi connectivity index (χ1) is 31.7. The van der Waals surface area contributed by atoms with Crippen molar-refractivity contribution in [2.24, 2.45) is 0 Å². The van der Waals surface area contributed by atoms with E-state index in [1.165, 1.54) is 0 Å². The maximum Gasteiger partial charge on any atom is 0.159 e. The highest BCUT2D eigenvalue weighted by Crippen LogP contribution is 2.47. The Morgan fingerprint density at radius 1 is 0.266 bits per heavy atom. The lowest BCUT2D eigenvalue weighted by Gasteiger charge is -2.26. The molecule has 0 spiro atoms. The highest BCUT2D eigenvalue weighted by molar-refractivity contribution is 6.19. The maximum atomic E-state index is 7.22. The van der Waals surface area contributed by atoms with Crippen LogP contribution in [-0.4, -0.2) is 0 Å². The summed E-state index contributed by atoms with van der Waals surface area (Å²) < 4.78 is 19.5. The smallest absolute Gasteiger partial charge is 0.159 e. The lowest BCUT2D eigenvalue weighted by Crippen LogP contribution is -2.10. The van der Waals surface area contributed by atoms with Crippen LogP contribution in [0.25, 0.3) is 110 Å². The molecule has 0 fully saturated rings. The van der Waals surface area contributed by atoms with Crippen molar-refractivity contribution in [3.8, 4) is 44.5 Å². The van der Waals surface area contributed by atoms with Crippen LogP contribution in [0.3, 0.4) is 0 Å². The summed E-state index contributed by atoms with van der Waals surface area (Å²) in [5.74, 6) is 0. The van der Waals surface area contributed by atoms with Crippen LogP contribution in [0.15, 0.2) is 238 Å². The average Bonchev–Trinajstić information content (AvgIpc) is 4.06. The molecule has 0 saturated carbocycles. The zero-order valence-electron chi connectivity index (χ0n) is 34.5. The summed E-state index contributed by atoms with van der Waals surface area (Å²) in [6.45, 7) is 0. The Kier molecular flexibility index (Phi) is 8.18. The molecule has 0 N–H and O–H groups in total. The fourth-order valence-corrected chi connectivity index (χ4v) is 9.61. The second-order valence-corrected chi connectivity index (χ2v) is 16.4. The monoisotopic (exact) mass is 819 g/mol. The summed E-state index contributed by atoms with van der Waals surface area (Å²) >= 11 is 0.